The Balaban J connectivity index is 1.82. The summed E-state index contributed by atoms with van der Waals surface area (Å²) >= 11 is 7.78. The Hall–Kier alpha value is -2.11. The lowest BCUT2D eigenvalue weighted by atomic mass is 10.2. The average molecular weight is 336 g/mol. The highest BCUT2D eigenvalue weighted by Gasteiger charge is 2.11. The van der Waals surface area contributed by atoms with Crippen LogP contribution in [0, 0.1) is 5.82 Å². The zero-order valence-corrected chi connectivity index (χ0v) is 12.9. The van der Waals surface area contributed by atoms with Gasteiger partial charge in [0.15, 0.2) is 0 Å². The summed E-state index contributed by atoms with van der Waals surface area (Å²) in [6, 6.07) is 9.67. The van der Waals surface area contributed by atoms with Crippen molar-refractivity contribution >= 4 is 38.9 Å². The van der Waals surface area contributed by atoms with Gasteiger partial charge in [-0.2, -0.15) is 0 Å². The largest absolute Gasteiger partial charge is 0.489 e. The SMILES string of the molecule is NC(=O)c1ccc(OCc2csc3cccc(Cl)c23)cc1F. The Morgan fingerprint density at radius 1 is 1.32 bits per heavy atom. The molecule has 6 heteroatoms. The number of amides is 1. The number of fused-ring (bicyclic) bond motifs is 1. The van der Waals surface area contributed by atoms with E-state index in [1.165, 1.54) is 12.1 Å². The summed E-state index contributed by atoms with van der Waals surface area (Å²) < 4.78 is 20.3. The van der Waals surface area contributed by atoms with Crippen molar-refractivity contribution in [3.63, 3.8) is 0 Å². The molecule has 1 heterocycles. The van der Waals surface area contributed by atoms with Gasteiger partial charge in [0, 0.05) is 26.7 Å². The van der Waals surface area contributed by atoms with Gasteiger partial charge in [-0.15, -0.1) is 11.3 Å². The van der Waals surface area contributed by atoms with Gasteiger partial charge in [0.2, 0.25) is 0 Å². The second kappa shape index (κ2) is 5.94. The summed E-state index contributed by atoms with van der Waals surface area (Å²) in [5.74, 6) is -1.17. The van der Waals surface area contributed by atoms with Crippen LogP contribution in [-0.2, 0) is 6.61 Å². The summed E-state index contributed by atoms with van der Waals surface area (Å²) in [6.45, 7) is 0.263. The molecule has 1 amide bonds. The predicted molar refractivity (Wildman–Crippen MR) is 86.1 cm³/mol. The lowest BCUT2D eigenvalue weighted by Gasteiger charge is -2.07. The maximum Gasteiger partial charge on any atom is 0.251 e. The summed E-state index contributed by atoms with van der Waals surface area (Å²) in [7, 11) is 0. The molecule has 0 aliphatic rings. The molecule has 1 aromatic heterocycles. The van der Waals surface area contributed by atoms with E-state index in [1.54, 1.807) is 11.3 Å². The van der Waals surface area contributed by atoms with Crippen molar-refractivity contribution in [3.8, 4) is 5.75 Å². The first-order valence-corrected chi connectivity index (χ1v) is 7.69. The van der Waals surface area contributed by atoms with Crippen LogP contribution in [0.2, 0.25) is 5.02 Å². The number of rotatable bonds is 4. The fourth-order valence-electron chi connectivity index (χ4n) is 2.16. The van der Waals surface area contributed by atoms with Crippen LogP contribution in [0.4, 0.5) is 4.39 Å². The van der Waals surface area contributed by atoms with E-state index < -0.39 is 11.7 Å². The number of carbonyl (C=O) groups excluding carboxylic acids is 1. The smallest absolute Gasteiger partial charge is 0.251 e. The Kier molecular flexibility index (Phi) is 4.00. The molecule has 0 fully saturated rings. The first kappa shape index (κ1) is 14.8. The number of primary amides is 1. The fraction of sp³-hybridized carbons (Fsp3) is 0.0625. The molecule has 0 saturated heterocycles. The summed E-state index contributed by atoms with van der Waals surface area (Å²) in [5.41, 5.74) is 5.84. The van der Waals surface area contributed by atoms with Gasteiger partial charge in [0.05, 0.1) is 5.56 Å². The molecule has 0 unspecified atom stereocenters. The highest BCUT2D eigenvalue weighted by molar-refractivity contribution is 7.17. The molecule has 0 aliphatic carbocycles. The zero-order valence-electron chi connectivity index (χ0n) is 11.3. The number of thiophene rings is 1. The molecule has 3 nitrogen and oxygen atoms in total. The maximum atomic E-state index is 13.7. The first-order valence-electron chi connectivity index (χ1n) is 6.43. The molecule has 22 heavy (non-hydrogen) atoms. The number of halogens is 2. The Morgan fingerprint density at radius 3 is 2.86 bits per heavy atom. The molecule has 2 aromatic carbocycles. The summed E-state index contributed by atoms with van der Waals surface area (Å²) in [6.07, 6.45) is 0. The molecule has 0 saturated carbocycles. The molecule has 0 spiro atoms. The van der Waals surface area contributed by atoms with Gasteiger partial charge in [-0.05, 0) is 29.6 Å². The first-order chi connectivity index (χ1) is 10.6. The highest BCUT2D eigenvalue weighted by atomic mass is 35.5. The van der Waals surface area contributed by atoms with Gasteiger partial charge in [0.1, 0.15) is 18.2 Å². The van der Waals surface area contributed by atoms with Crippen LogP contribution in [0.15, 0.2) is 41.8 Å². The van der Waals surface area contributed by atoms with E-state index in [4.69, 9.17) is 22.1 Å². The number of benzene rings is 2. The van der Waals surface area contributed by atoms with Gasteiger partial charge in [-0.1, -0.05) is 17.7 Å². The number of hydrogen-bond acceptors (Lipinski definition) is 3. The molecule has 0 radical (unpaired) electrons. The third-order valence-electron chi connectivity index (χ3n) is 3.22. The Bertz CT molecular complexity index is 862. The Morgan fingerprint density at radius 2 is 2.14 bits per heavy atom. The van der Waals surface area contributed by atoms with E-state index in [2.05, 4.69) is 0 Å². The summed E-state index contributed by atoms with van der Waals surface area (Å²) in [5, 5.41) is 3.57. The summed E-state index contributed by atoms with van der Waals surface area (Å²) in [4.78, 5) is 11.0. The van der Waals surface area contributed by atoms with Gasteiger partial charge in [-0.25, -0.2) is 4.39 Å². The standard InChI is InChI=1S/C16H11ClFNO2S/c17-12-2-1-3-14-15(12)9(8-22-14)7-21-10-4-5-11(16(19)20)13(18)6-10/h1-6,8H,7H2,(H2,19,20). The lowest BCUT2D eigenvalue weighted by molar-refractivity contribution is 0.0996. The predicted octanol–water partition coefficient (Wildman–Crippen LogP) is 4.37. The van der Waals surface area contributed by atoms with E-state index in [9.17, 15) is 9.18 Å². The minimum atomic E-state index is -0.806. The highest BCUT2D eigenvalue weighted by Crippen LogP contribution is 2.32. The van der Waals surface area contributed by atoms with Crippen LogP contribution in [0.1, 0.15) is 15.9 Å². The van der Waals surface area contributed by atoms with Crippen LogP contribution in [0.3, 0.4) is 0 Å². The minimum absolute atomic E-state index is 0.156. The third-order valence-corrected chi connectivity index (χ3v) is 4.54. The van der Waals surface area contributed by atoms with E-state index in [0.29, 0.717) is 10.8 Å². The van der Waals surface area contributed by atoms with Gasteiger partial charge < -0.3 is 10.5 Å². The van der Waals surface area contributed by atoms with Crippen molar-refractivity contribution in [3.05, 3.63) is 63.7 Å². The maximum absolute atomic E-state index is 13.7. The molecule has 0 aliphatic heterocycles. The van der Waals surface area contributed by atoms with E-state index >= 15 is 0 Å². The quantitative estimate of drug-likeness (QED) is 0.769. The van der Waals surface area contributed by atoms with Crippen LogP contribution >= 0.6 is 22.9 Å². The molecular formula is C16H11ClFNO2S. The van der Waals surface area contributed by atoms with Crippen LogP contribution in [-0.4, -0.2) is 5.91 Å². The molecule has 0 atom stereocenters. The molecule has 3 rings (SSSR count). The van der Waals surface area contributed by atoms with Gasteiger partial charge >= 0.3 is 0 Å². The van der Waals surface area contributed by atoms with Crippen molar-refractivity contribution < 1.29 is 13.9 Å². The van der Waals surface area contributed by atoms with E-state index in [0.717, 1.165) is 21.7 Å². The molecular weight excluding hydrogens is 325 g/mol. The van der Waals surface area contributed by atoms with Crippen molar-refractivity contribution in [2.75, 3.05) is 0 Å². The fourth-order valence-corrected chi connectivity index (χ4v) is 3.48. The monoisotopic (exact) mass is 335 g/mol. The minimum Gasteiger partial charge on any atom is -0.489 e. The zero-order chi connectivity index (χ0) is 15.7. The normalized spacial score (nSPS) is 10.8. The van der Waals surface area contributed by atoms with Crippen molar-refractivity contribution in [1.82, 2.24) is 0 Å². The topological polar surface area (TPSA) is 52.3 Å². The van der Waals surface area contributed by atoms with Crippen LogP contribution in [0.5, 0.6) is 5.75 Å². The van der Waals surface area contributed by atoms with Crippen molar-refractivity contribution in [1.29, 1.82) is 0 Å². The molecule has 2 N–H and O–H groups in total. The second-order valence-electron chi connectivity index (χ2n) is 4.67. The van der Waals surface area contributed by atoms with E-state index in [-0.39, 0.29) is 12.2 Å². The second-order valence-corrected chi connectivity index (χ2v) is 5.99. The average Bonchev–Trinajstić information content (AvgIpc) is 2.89. The third kappa shape index (κ3) is 2.77. The lowest BCUT2D eigenvalue weighted by Crippen LogP contribution is -2.13. The van der Waals surface area contributed by atoms with Crippen LogP contribution < -0.4 is 10.5 Å². The number of carbonyl (C=O) groups is 1. The van der Waals surface area contributed by atoms with E-state index in [1.807, 2.05) is 23.6 Å². The van der Waals surface area contributed by atoms with Crippen LogP contribution in [0.25, 0.3) is 10.1 Å². The number of nitrogens with two attached hydrogens (primary N) is 1. The van der Waals surface area contributed by atoms with Gasteiger partial charge in [0.25, 0.3) is 5.91 Å². The van der Waals surface area contributed by atoms with Gasteiger partial charge in [-0.3, -0.25) is 4.79 Å². The van der Waals surface area contributed by atoms with Crippen molar-refractivity contribution in [2.45, 2.75) is 6.61 Å². The molecule has 3 aromatic rings. The van der Waals surface area contributed by atoms with Crippen molar-refractivity contribution in [2.24, 2.45) is 5.73 Å². The molecule has 112 valence electrons. The number of ether oxygens (including phenoxy) is 1. The molecule has 0 bridgehead atoms. The number of hydrogen-bond donors (Lipinski definition) is 1. The Labute approximate surface area is 135 Å².